The van der Waals surface area contributed by atoms with Crippen LogP contribution in [0.25, 0.3) is 0 Å². The second-order valence-electron chi connectivity index (χ2n) is 6.76. The van der Waals surface area contributed by atoms with Crippen LogP contribution in [0.5, 0.6) is 0 Å². The van der Waals surface area contributed by atoms with Crippen molar-refractivity contribution in [1.82, 2.24) is 4.90 Å². The molecule has 1 saturated heterocycles. The second-order valence-corrected chi connectivity index (χ2v) is 7.03. The number of hydrogen-bond acceptors (Lipinski definition) is 3. The Hall–Kier alpha value is -0.320. The molecule has 1 fully saturated rings. The molecule has 1 aliphatic rings. The van der Waals surface area contributed by atoms with Gasteiger partial charge in [0.25, 0.3) is 0 Å². The lowest BCUT2D eigenvalue weighted by atomic mass is 10.1. The molecule has 24 heavy (non-hydrogen) atoms. The Kier molecular flexibility index (Phi) is 12.6. The predicted molar refractivity (Wildman–Crippen MR) is 99.4 cm³/mol. The van der Waals surface area contributed by atoms with Crippen molar-refractivity contribution >= 4 is 17.5 Å². The van der Waals surface area contributed by atoms with Gasteiger partial charge in [0.15, 0.2) is 6.29 Å². The van der Waals surface area contributed by atoms with E-state index in [2.05, 4.69) is 13.8 Å². The van der Waals surface area contributed by atoms with Crippen LogP contribution in [0, 0.1) is 0 Å². The molecule has 0 spiro atoms. The van der Waals surface area contributed by atoms with Crippen LogP contribution in [0.1, 0.15) is 78.1 Å². The summed E-state index contributed by atoms with van der Waals surface area (Å²) in [5, 5.41) is 0. The SMILES string of the molecule is CCCCCCCN(CC1OCC(CCCCCC)O1)C(=O)CCl. The predicted octanol–water partition coefficient (Wildman–Crippen LogP) is 4.74. The molecule has 0 saturated carbocycles. The summed E-state index contributed by atoms with van der Waals surface area (Å²) in [5.41, 5.74) is 0. The van der Waals surface area contributed by atoms with Gasteiger partial charge in [0.1, 0.15) is 5.88 Å². The standard InChI is InChI=1S/C19H36ClNO3/c1-3-5-7-9-11-13-21(18(22)14-20)15-19-23-16-17(24-19)12-10-8-6-4-2/h17,19H,3-16H2,1-2H3. The van der Waals surface area contributed by atoms with E-state index in [1.807, 2.05) is 4.90 Å². The van der Waals surface area contributed by atoms with Crippen molar-refractivity contribution in [2.75, 3.05) is 25.6 Å². The maximum Gasteiger partial charge on any atom is 0.237 e. The summed E-state index contributed by atoms with van der Waals surface area (Å²) in [7, 11) is 0. The van der Waals surface area contributed by atoms with Crippen LogP contribution in [-0.4, -0.2) is 48.8 Å². The van der Waals surface area contributed by atoms with E-state index in [0.29, 0.717) is 13.2 Å². The fourth-order valence-electron chi connectivity index (χ4n) is 3.04. The second kappa shape index (κ2) is 13.9. The highest BCUT2D eigenvalue weighted by Gasteiger charge is 2.28. The van der Waals surface area contributed by atoms with E-state index in [4.69, 9.17) is 21.1 Å². The monoisotopic (exact) mass is 361 g/mol. The lowest BCUT2D eigenvalue weighted by molar-refractivity contribution is -0.136. The molecule has 4 nitrogen and oxygen atoms in total. The molecule has 0 aromatic rings. The average molecular weight is 362 g/mol. The average Bonchev–Trinajstić information content (AvgIpc) is 3.04. The first-order chi connectivity index (χ1) is 11.7. The van der Waals surface area contributed by atoms with Gasteiger partial charge in [-0.25, -0.2) is 0 Å². The maximum atomic E-state index is 12.0. The van der Waals surface area contributed by atoms with Gasteiger partial charge in [-0.3, -0.25) is 4.79 Å². The Morgan fingerprint density at radius 1 is 1.04 bits per heavy atom. The molecular weight excluding hydrogens is 326 g/mol. The van der Waals surface area contributed by atoms with Crippen LogP contribution in [0.15, 0.2) is 0 Å². The fraction of sp³-hybridized carbons (Fsp3) is 0.947. The number of hydrogen-bond donors (Lipinski definition) is 0. The smallest absolute Gasteiger partial charge is 0.237 e. The third-order valence-electron chi connectivity index (χ3n) is 4.56. The Labute approximate surface area is 153 Å². The molecule has 1 aliphatic heterocycles. The molecule has 142 valence electrons. The zero-order chi connectivity index (χ0) is 17.6. The van der Waals surface area contributed by atoms with E-state index in [1.165, 1.54) is 44.9 Å². The van der Waals surface area contributed by atoms with E-state index >= 15 is 0 Å². The topological polar surface area (TPSA) is 38.8 Å². The van der Waals surface area contributed by atoms with Gasteiger partial charge < -0.3 is 14.4 Å². The Bertz CT molecular complexity index is 328. The minimum absolute atomic E-state index is 0.0225. The quantitative estimate of drug-likeness (QED) is 0.331. The van der Waals surface area contributed by atoms with Gasteiger partial charge in [-0.2, -0.15) is 0 Å². The van der Waals surface area contributed by atoms with Gasteiger partial charge in [0, 0.05) is 6.54 Å². The van der Waals surface area contributed by atoms with E-state index in [0.717, 1.165) is 25.8 Å². The normalized spacial score (nSPS) is 20.5. The Morgan fingerprint density at radius 2 is 1.71 bits per heavy atom. The molecule has 0 aromatic heterocycles. The molecule has 0 N–H and O–H groups in total. The largest absolute Gasteiger partial charge is 0.348 e. The molecule has 0 aromatic carbocycles. The number of amides is 1. The zero-order valence-electron chi connectivity index (χ0n) is 15.6. The summed E-state index contributed by atoms with van der Waals surface area (Å²) in [4.78, 5) is 13.8. The molecular formula is C19H36ClNO3. The number of ether oxygens (including phenoxy) is 2. The first-order valence-electron chi connectivity index (χ1n) is 9.82. The van der Waals surface area contributed by atoms with Crippen LogP contribution < -0.4 is 0 Å². The first kappa shape index (κ1) is 21.7. The Balaban J connectivity index is 2.26. The highest BCUT2D eigenvalue weighted by Crippen LogP contribution is 2.19. The van der Waals surface area contributed by atoms with Gasteiger partial charge in [-0.15, -0.1) is 11.6 Å². The molecule has 2 unspecified atom stereocenters. The highest BCUT2D eigenvalue weighted by molar-refractivity contribution is 6.27. The van der Waals surface area contributed by atoms with Crippen molar-refractivity contribution in [2.24, 2.45) is 0 Å². The van der Waals surface area contributed by atoms with Crippen molar-refractivity contribution in [3.05, 3.63) is 0 Å². The molecule has 0 aliphatic carbocycles. The number of carbonyl (C=O) groups is 1. The fourth-order valence-corrected chi connectivity index (χ4v) is 3.21. The van der Waals surface area contributed by atoms with E-state index < -0.39 is 0 Å². The number of nitrogens with zero attached hydrogens (tertiary/aromatic N) is 1. The lowest BCUT2D eigenvalue weighted by Gasteiger charge is -2.24. The highest BCUT2D eigenvalue weighted by atomic mass is 35.5. The lowest BCUT2D eigenvalue weighted by Crippen LogP contribution is -2.39. The number of carbonyl (C=O) groups excluding carboxylic acids is 1. The van der Waals surface area contributed by atoms with E-state index in [9.17, 15) is 4.79 Å². The van der Waals surface area contributed by atoms with Crippen LogP contribution >= 0.6 is 11.6 Å². The summed E-state index contributed by atoms with van der Waals surface area (Å²) in [5.74, 6) is 0.00744. The summed E-state index contributed by atoms with van der Waals surface area (Å²) < 4.78 is 11.7. The number of alkyl halides is 1. The van der Waals surface area contributed by atoms with Crippen LogP contribution in [0.3, 0.4) is 0 Å². The van der Waals surface area contributed by atoms with Gasteiger partial charge in [0.05, 0.1) is 19.3 Å². The van der Waals surface area contributed by atoms with Gasteiger partial charge >= 0.3 is 0 Å². The van der Waals surface area contributed by atoms with Gasteiger partial charge in [-0.1, -0.05) is 65.2 Å². The molecule has 0 radical (unpaired) electrons. The minimum Gasteiger partial charge on any atom is -0.348 e. The summed E-state index contributed by atoms with van der Waals surface area (Å²) in [6.45, 7) is 6.33. The van der Waals surface area contributed by atoms with Crippen molar-refractivity contribution in [2.45, 2.75) is 90.4 Å². The first-order valence-corrected chi connectivity index (χ1v) is 10.4. The van der Waals surface area contributed by atoms with Crippen molar-refractivity contribution < 1.29 is 14.3 Å². The summed E-state index contributed by atoms with van der Waals surface area (Å²) >= 11 is 5.75. The van der Waals surface area contributed by atoms with Gasteiger partial charge in [0.2, 0.25) is 5.91 Å². The van der Waals surface area contributed by atoms with Gasteiger partial charge in [-0.05, 0) is 12.8 Å². The Morgan fingerprint density at radius 3 is 2.38 bits per heavy atom. The third kappa shape index (κ3) is 9.24. The molecule has 1 heterocycles. The maximum absolute atomic E-state index is 12.0. The number of unbranched alkanes of at least 4 members (excludes halogenated alkanes) is 7. The zero-order valence-corrected chi connectivity index (χ0v) is 16.4. The summed E-state index contributed by atoms with van der Waals surface area (Å²) in [6, 6.07) is 0. The van der Waals surface area contributed by atoms with Crippen molar-refractivity contribution in [3.8, 4) is 0 Å². The van der Waals surface area contributed by atoms with Crippen LogP contribution in [0.2, 0.25) is 0 Å². The molecule has 5 heteroatoms. The van der Waals surface area contributed by atoms with Crippen LogP contribution in [0.4, 0.5) is 0 Å². The molecule has 2 atom stereocenters. The van der Waals surface area contributed by atoms with Crippen molar-refractivity contribution in [3.63, 3.8) is 0 Å². The van der Waals surface area contributed by atoms with E-state index in [-0.39, 0.29) is 24.2 Å². The van der Waals surface area contributed by atoms with Crippen LogP contribution in [-0.2, 0) is 14.3 Å². The molecule has 0 bridgehead atoms. The molecule has 1 rings (SSSR count). The minimum atomic E-state index is -0.288. The number of rotatable bonds is 14. The summed E-state index contributed by atoms with van der Waals surface area (Å²) in [6.07, 6.45) is 11.8. The van der Waals surface area contributed by atoms with E-state index in [1.54, 1.807) is 0 Å². The number of halogens is 1. The molecule has 1 amide bonds. The third-order valence-corrected chi connectivity index (χ3v) is 4.79. The van der Waals surface area contributed by atoms with Crippen molar-refractivity contribution in [1.29, 1.82) is 0 Å².